The fourth-order valence-electron chi connectivity index (χ4n) is 6.77. The van der Waals surface area contributed by atoms with E-state index in [1.54, 1.807) is 20.0 Å². The SMILES string of the molecule is CCCCCCOCC1(COCCCCCC)CC2=[C](c3ccc(Cl)cc3)[Ge]([CH3])([CH3])[C](c3ccc(Cl)cc3)=C2C1. The van der Waals surface area contributed by atoms with Crippen LogP contribution in [0.4, 0.5) is 0 Å². The molecular formula is C35H48Cl2GeO2. The van der Waals surface area contributed by atoms with Crippen LogP contribution in [0.25, 0.3) is 8.81 Å². The molecule has 0 atom stereocenters. The van der Waals surface area contributed by atoms with E-state index in [0.29, 0.717) is 0 Å². The second-order valence-corrected chi connectivity index (χ2v) is 22.2. The quantitative estimate of drug-likeness (QED) is 0.134. The second kappa shape index (κ2) is 14.9. The normalized spacial score (nSPS) is 17.6. The fraction of sp³-hybridized carbons (Fsp3) is 0.543. The van der Waals surface area contributed by atoms with Crippen LogP contribution in [-0.2, 0) is 9.47 Å². The van der Waals surface area contributed by atoms with E-state index in [1.807, 2.05) is 24.3 Å². The molecule has 5 heteroatoms. The number of halogens is 2. The number of unbranched alkanes of at least 4 members (excludes halogenated alkanes) is 6. The molecule has 1 aliphatic heterocycles. The molecule has 2 aromatic rings. The maximum atomic E-state index is 6.45. The Morgan fingerprint density at radius 3 is 1.40 bits per heavy atom. The van der Waals surface area contributed by atoms with Gasteiger partial charge in [0, 0.05) is 0 Å². The van der Waals surface area contributed by atoms with E-state index in [0.717, 1.165) is 62.2 Å². The van der Waals surface area contributed by atoms with E-state index in [-0.39, 0.29) is 5.41 Å². The van der Waals surface area contributed by atoms with E-state index in [1.165, 1.54) is 49.7 Å². The first kappa shape index (κ1) is 31.9. The number of hydrogen-bond acceptors (Lipinski definition) is 2. The summed E-state index contributed by atoms with van der Waals surface area (Å²) < 4.78 is 16.1. The predicted octanol–water partition coefficient (Wildman–Crippen LogP) is 11.0. The third-order valence-electron chi connectivity index (χ3n) is 8.69. The van der Waals surface area contributed by atoms with Gasteiger partial charge in [0.25, 0.3) is 0 Å². The van der Waals surface area contributed by atoms with Gasteiger partial charge in [0.1, 0.15) is 0 Å². The number of rotatable bonds is 16. The van der Waals surface area contributed by atoms with Crippen LogP contribution in [0.15, 0.2) is 59.7 Å². The Hall–Kier alpha value is -1.04. The van der Waals surface area contributed by atoms with E-state index in [9.17, 15) is 0 Å². The molecule has 1 heterocycles. The molecule has 0 spiro atoms. The second-order valence-electron chi connectivity index (χ2n) is 12.4. The third-order valence-corrected chi connectivity index (χ3v) is 16.9. The molecule has 0 aromatic heterocycles. The van der Waals surface area contributed by atoms with E-state index >= 15 is 0 Å². The first-order chi connectivity index (χ1) is 19.3. The van der Waals surface area contributed by atoms with Gasteiger partial charge in [-0.05, 0) is 0 Å². The average Bonchev–Trinajstić information content (AvgIpc) is 3.38. The van der Waals surface area contributed by atoms with Crippen LogP contribution in [-0.4, -0.2) is 39.7 Å². The number of hydrogen-bond donors (Lipinski definition) is 0. The van der Waals surface area contributed by atoms with Crippen LogP contribution in [0.2, 0.25) is 21.6 Å². The molecule has 40 heavy (non-hydrogen) atoms. The van der Waals surface area contributed by atoms with Crippen molar-refractivity contribution in [3.05, 3.63) is 80.8 Å². The van der Waals surface area contributed by atoms with Crippen molar-refractivity contribution < 1.29 is 9.47 Å². The van der Waals surface area contributed by atoms with Crippen LogP contribution >= 0.6 is 23.2 Å². The van der Waals surface area contributed by atoms with Crippen LogP contribution in [0.5, 0.6) is 0 Å². The van der Waals surface area contributed by atoms with Gasteiger partial charge in [-0.1, -0.05) is 0 Å². The Balaban J connectivity index is 1.68. The molecule has 2 aromatic carbocycles. The minimum atomic E-state index is -2.64. The van der Waals surface area contributed by atoms with Gasteiger partial charge in [-0.25, -0.2) is 0 Å². The molecule has 0 radical (unpaired) electrons. The summed E-state index contributed by atoms with van der Waals surface area (Å²) in [6.07, 6.45) is 11.9. The Kier molecular flexibility index (Phi) is 11.9. The van der Waals surface area contributed by atoms with Crippen LogP contribution < -0.4 is 0 Å². The van der Waals surface area contributed by atoms with Crippen LogP contribution in [0, 0.1) is 5.41 Å². The van der Waals surface area contributed by atoms with E-state index < -0.39 is 13.3 Å². The number of benzene rings is 2. The summed E-state index contributed by atoms with van der Waals surface area (Å²) in [5.74, 6) is 5.12. The maximum absolute atomic E-state index is 6.45. The number of fused-ring (bicyclic) bond motifs is 1. The predicted molar refractivity (Wildman–Crippen MR) is 176 cm³/mol. The van der Waals surface area contributed by atoms with Crippen LogP contribution in [0.3, 0.4) is 0 Å². The fourth-order valence-corrected chi connectivity index (χ4v) is 15.4. The molecule has 0 N–H and O–H groups in total. The molecule has 218 valence electrons. The summed E-state index contributed by atoms with van der Waals surface area (Å²) in [5, 5.41) is 1.58. The Morgan fingerprint density at radius 2 is 1.02 bits per heavy atom. The van der Waals surface area contributed by atoms with E-state index in [4.69, 9.17) is 32.7 Å². The summed E-state index contributed by atoms with van der Waals surface area (Å²) in [5.41, 5.74) is 5.77. The summed E-state index contributed by atoms with van der Waals surface area (Å²) in [7, 11) is 0. The number of ether oxygens (including phenoxy) is 2. The molecular weight excluding hydrogens is 596 g/mol. The van der Waals surface area contributed by atoms with Crippen molar-refractivity contribution in [3.63, 3.8) is 0 Å². The van der Waals surface area contributed by atoms with Crippen molar-refractivity contribution in [2.45, 2.75) is 89.6 Å². The Bertz CT molecular complexity index is 1070. The first-order valence-electron chi connectivity index (χ1n) is 15.5. The van der Waals surface area contributed by atoms with E-state index in [2.05, 4.69) is 49.6 Å². The van der Waals surface area contributed by atoms with Crippen molar-refractivity contribution in [2.75, 3.05) is 26.4 Å². The van der Waals surface area contributed by atoms with Crippen molar-refractivity contribution >= 4 is 45.3 Å². The van der Waals surface area contributed by atoms with Gasteiger partial charge in [-0.2, -0.15) is 0 Å². The monoisotopic (exact) mass is 644 g/mol. The van der Waals surface area contributed by atoms with Gasteiger partial charge in [0.05, 0.1) is 0 Å². The summed E-state index contributed by atoms with van der Waals surface area (Å²) >= 11 is 10.0. The molecule has 2 nitrogen and oxygen atoms in total. The minimum absolute atomic E-state index is 0.0196. The van der Waals surface area contributed by atoms with Gasteiger partial charge in [0.2, 0.25) is 0 Å². The topological polar surface area (TPSA) is 18.5 Å². The molecule has 1 saturated carbocycles. The molecule has 2 aliphatic rings. The molecule has 0 bridgehead atoms. The molecule has 4 rings (SSSR count). The van der Waals surface area contributed by atoms with Crippen molar-refractivity contribution in [3.8, 4) is 0 Å². The van der Waals surface area contributed by atoms with Crippen molar-refractivity contribution in [2.24, 2.45) is 5.41 Å². The van der Waals surface area contributed by atoms with Gasteiger partial charge >= 0.3 is 257 Å². The average molecular weight is 644 g/mol. The zero-order valence-electron chi connectivity index (χ0n) is 25.1. The van der Waals surface area contributed by atoms with Crippen molar-refractivity contribution in [1.29, 1.82) is 0 Å². The first-order valence-corrected chi connectivity index (χ1v) is 22.5. The summed E-state index contributed by atoms with van der Waals surface area (Å²) in [6.45, 7) is 7.72. The standard InChI is InChI=1S/C35H48Cl2GeO2/c1-5-7-9-11-21-39-25-35(26-40-22-12-10-8-6-2)23-31-32(24-35)34(28-15-19-30(37)20-16-28)38(3,4)33(31)27-13-17-29(36)18-14-27/h13-20H,5-12,21-26H2,1-4H3. The zero-order chi connectivity index (χ0) is 28.6. The molecule has 0 amide bonds. The van der Waals surface area contributed by atoms with Gasteiger partial charge < -0.3 is 0 Å². The molecule has 1 aliphatic carbocycles. The molecule has 0 saturated heterocycles. The zero-order valence-corrected chi connectivity index (χ0v) is 28.7. The Labute approximate surface area is 255 Å². The van der Waals surface area contributed by atoms with Crippen LogP contribution in [0.1, 0.15) is 89.2 Å². The molecule has 1 fully saturated rings. The third kappa shape index (κ3) is 7.67. The molecule has 0 unspecified atom stereocenters. The van der Waals surface area contributed by atoms with Gasteiger partial charge in [-0.15, -0.1) is 0 Å². The van der Waals surface area contributed by atoms with Gasteiger partial charge in [0.15, 0.2) is 0 Å². The number of allylic oxidation sites excluding steroid dienone is 2. The Morgan fingerprint density at radius 1 is 0.625 bits per heavy atom. The van der Waals surface area contributed by atoms with Gasteiger partial charge in [-0.3, -0.25) is 0 Å². The summed E-state index contributed by atoms with van der Waals surface area (Å²) in [4.78, 5) is 0. The summed E-state index contributed by atoms with van der Waals surface area (Å²) in [6, 6.07) is 17.1. The van der Waals surface area contributed by atoms with Crippen molar-refractivity contribution in [1.82, 2.24) is 0 Å².